The third-order valence-corrected chi connectivity index (χ3v) is 3.39. The number of pyridine rings is 2. The minimum Gasteiger partial charge on any atom is -0.324 e. The molecule has 0 aliphatic heterocycles. The summed E-state index contributed by atoms with van der Waals surface area (Å²) < 4.78 is 0. The van der Waals surface area contributed by atoms with Crippen LogP contribution in [0.1, 0.15) is 41.2 Å². The van der Waals surface area contributed by atoms with Crippen molar-refractivity contribution in [3.05, 3.63) is 58.7 Å². The Hall–Kier alpha value is -1.74. The summed E-state index contributed by atoms with van der Waals surface area (Å²) in [6.07, 6.45) is 3.69. The highest BCUT2D eigenvalue weighted by Gasteiger charge is 2.11. The smallest absolute Gasteiger partial charge is 0.0423 e. The number of nitrogens with zero attached hydrogens (tertiary/aromatic N) is 2. The predicted molar refractivity (Wildman–Crippen MR) is 78.0 cm³/mol. The maximum absolute atomic E-state index is 6.27. The second kappa shape index (κ2) is 5.93. The first-order valence-corrected chi connectivity index (χ1v) is 6.73. The van der Waals surface area contributed by atoms with Gasteiger partial charge in [-0.1, -0.05) is 19.1 Å². The molecule has 0 saturated heterocycles. The Morgan fingerprint density at radius 3 is 2.53 bits per heavy atom. The Balaban J connectivity index is 2.13. The van der Waals surface area contributed by atoms with Gasteiger partial charge in [0.1, 0.15) is 0 Å². The molecule has 1 atom stereocenters. The van der Waals surface area contributed by atoms with Crippen LogP contribution in [-0.4, -0.2) is 9.97 Å². The van der Waals surface area contributed by atoms with Gasteiger partial charge in [0.25, 0.3) is 0 Å². The fraction of sp³-hybridized carbons (Fsp3) is 0.375. The molecular weight excluding hydrogens is 234 g/mol. The average molecular weight is 255 g/mol. The lowest BCUT2D eigenvalue weighted by Gasteiger charge is -2.14. The zero-order valence-corrected chi connectivity index (χ0v) is 11.9. The standard InChI is InChI=1S/C16H21N3/c1-4-13-6-7-14(18-10-13)9-16(17)15-8-5-11(2)19-12(15)3/h5-8,10,16H,4,9,17H2,1-3H3. The molecule has 2 aromatic heterocycles. The van der Waals surface area contributed by atoms with Crippen molar-refractivity contribution in [1.82, 2.24) is 9.97 Å². The minimum absolute atomic E-state index is 0.0481. The fourth-order valence-electron chi connectivity index (χ4n) is 2.21. The number of hydrogen-bond acceptors (Lipinski definition) is 3. The van der Waals surface area contributed by atoms with Crippen LogP contribution in [0.3, 0.4) is 0 Å². The van der Waals surface area contributed by atoms with E-state index in [-0.39, 0.29) is 6.04 Å². The van der Waals surface area contributed by atoms with Crippen molar-refractivity contribution in [2.75, 3.05) is 0 Å². The second-order valence-electron chi connectivity index (χ2n) is 4.95. The summed E-state index contributed by atoms with van der Waals surface area (Å²) in [6, 6.07) is 8.22. The maximum atomic E-state index is 6.27. The fourth-order valence-corrected chi connectivity index (χ4v) is 2.21. The Morgan fingerprint density at radius 2 is 1.95 bits per heavy atom. The van der Waals surface area contributed by atoms with Crippen molar-refractivity contribution in [3.63, 3.8) is 0 Å². The van der Waals surface area contributed by atoms with Gasteiger partial charge < -0.3 is 5.73 Å². The van der Waals surface area contributed by atoms with Gasteiger partial charge in [0.05, 0.1) is 0 Å². The highest BCUT2D eigenvalue weighted by atomic mass is 14.7. The van der Waals surface area contributed by atoms with Gasteiger partial charge in [0.15, 0.2) is 0 Å². The molecule has 3 heteroatoms. The van der Waals surface area contributed by atoms with E-state index in [1.165, 1.54) is 5.56 Å². The van der Waals surface area contributed by atoms with Gasteiger partial charge in [-0.3, -0.25) is 9.97 Å². The number of rotatable bonds is 4. The molecule has 0 amide bonds. The monoisotopic (exact) mass is 255 g/mol. The van der Waals surface area contributed by atoms with Crippen molar-refractivity contribution in [2.45, 2.75) is 39.7 Å². The molecule has 0 aromatic carbocycles. The van der Waals surface area contributed by atoms with Crippen LogP contribution in [0, 0.1) is 13.8 Å². The summed E-state index contributed by atoms with van der Waals surface area (Å²) in [5.41, 5.74) is 11.7. The van der Waals surface area contributed by atoms with E-state index in [4.69, 9.17) is 5.73 Å². The first-order valence-electron chi connectivity index (χ1n) is 6.73. The van der Waals surface area contributed by atoms with Gasteiger partial charge >= 0.3 is 0 Å². The van der Waals surface area contributed by atoms with Gasteiger partial charge in [-0.25, -0.2) is 0 Å². The SMILES string of the molecule is CCc1ccc(CC(N)c2ccc(C)nc2C)nc1. The first kappa shape index (κ1) is 13.7. The van der Waals surface area contributed by atoms with Crippen molar-refractivity contribution in [3.8, 4) is 0 Å². The molecule has 19 heavy (non-hydrogen) atoms. The van der Waals surface area contributed by atoms with E-state index in [0.29, 0.717) is 0 Å². The highest BCUT2D eigenvalue weighted by Crippen LogP contribution is 2.18. The molecule has 3 nitrogen and oxygen atoms in total. The molecule has 0 aliphatic rings. The second-order valence-corrected chi connectivity index (χ2v) is 4.95. The third-order valence-electron chi connectivity index (χ3n) is 3.39. The molecule has 1 unspecified atom stereocenters. The Kier molecular flexibility index (Phi) is 4.27. The Bertz CT molecular complexity index is 546. The summed E-state index contributed by atoms with van der Waals surface area (Å²) >= 11 is 0. The molecule has 0 aliphatic carbocycles. The molecular formula is C16H21N3. The Morgan fingerprint density at radius 1 is 1.16 bits per heavy atom. The molecule has 2 N–H and O–H groups in total. The normalized spacial score (nSPS) is 12.4. The van der Waals surface area contributed by atoms with Crippen LogP contribution in [0.15, 0.2) is 30.5 Å². The van der Waals surface area contributed by atoms with Gasteiger partial charge in [-0.05, 0) is 43.5 Å². The number of nitrogens with two attached hydrogens (primary N) is 1. The van der Waals surface area contributed by atoms with Crippen LogP contribution >= 0.6 is 0 Å². The van der Waals surface area contributed by atoms with E-state index in [0.717, 1.165) is 35.5 Å². The summed E-state index contributed by atoms with van der Waals surface area (Å²) in [5, 5.41) is 0. The van der Waals surface area contributed by atoms with Crippen molar-refractivity contribution >= 4 is 0 Å². The highest BCUT2D eigenvalue weighted by molar-refractivity contribution is 5.26. The Labute approximate surface area is 114 Å². The maximum Gasteiger partial charge on any atom is 0.0423 e. The van der Waals surface area contributed by atoms with E-state index in [2.05, 4.69) is 35.1 Å². The number of aromatic nitrogens is 2. The third kappa shape index (κ3) is 3.38. The molecule has 2 aromatic rings. The summed E-state index contributed by atoms with van der Waals surface area (Å²) in [6.45, 7) is 6.13. The van der Waals surface area contributed by atoms with E-state index < -0.39 is 0 Å². The zero-order valence-electron chi connectivity index (χ0n) is 11.9. The van der Waals surface area contributed by atoms with Crippen LogP contribution in [0.5, 0.6) is 0 Å². The lowest BCUT2D eigenvalue weighted by molar-refractivity contribution is 0.695. The summed E-state index contributed by atoms with van der Waals surface area (Å²) in [5.74, 6) is 0. The molecule has 0 radical (unpaired) electrons. The van der Waals surface area contributed by atoms with Gasteiger partial charge in [-0.2, -0.15) is 0 Å². The summed E-state index contributed by atoms with van der Waals surface area (Å²) in [4.78, 5) is 8.93. The van der Waals surface area contributed by atoms with E-state index in [1.54, 1.807) is 0 Å². The number of aryl methyl sites for hydroxylation is 3. The quantitative estimate of drug-likeness (QED) is 0.914. The molecule has 2 heterocycles. The minimum atomic E-state index is -0.0481. The van der Waals surface area contributed by atoms with Gasteiger partial charge in [0.2, 0.25) is 0 Å². The largest absolute Gasteiger partial charge is 0.324 e. The van der Waals surface area contributed by atoms with Crippen molar-refractivity contribution < 1.29 is 0 Å². The molecule has 0 fully saturated rings. The topological polar surface area (TPSA) is 51.8 Å². The van der Waals surface area contributed by atoms with Crippen LogP contribution in [0.25, 0.3) is 0 Å². The summed E-state index contributed by atoms with van der Waals surface area (Å²) in [7, 11) is 0. The van der Waals surface area contributed by atoms with Crippen LogP contribution in [0.4, 0.5) is 0 Å². The number of hydrogen-bond donors (Lipinski definition) is 1. The van der Waals surface area contributed by atoms with Crippen LogP contribution in [0.2, 0.25) is 0 Å². The lowest BCUT2D eigenvalue weighted by Crippen LogP contribution is -2.16. The van der Waals surface area contributed by atoms with Gasteiger partial charge in [-0.15, -0.1) is 0 Å². The van der Waals surface area contributed by atoms with Crippen LogP contribution < -0.4 is 5.73 Å². The van der Waals surface area contributed by atoms with Crippen molar-refractivity contribution in [2.24, 2.45) is 5.73 Å². The average Bonchev–Trinajstić information content (AvgIpc) is 2.39. The molecule has 100 valence electrons. The van der Waals surface area contributed by atoms with Gasteiger partial charge in [0, 0.05) is 35.7 Å². The molecule has 0 spiro atoms. The molecule has 2 rings (SSSR count). The van der Waals surface area contributed by atoms with Crippen LogP contribution in [-0.2, 0) is 12.8 Å². The van der Waals surface area contributed by atoms with Crippen molar-refractivity contribution in [1.29, 1.82) is 0 Å². The zero-order chi connectivity index (χ0) is 13.8. The molecule has 0 bridgehead atoms. The predicted octanol–water partition coefficient (Wildman–Crippen LogP) is 2.90. The molecule has 0 saturated carbocycles. The van der Waals surface area contributed by atoms with E-state index in [9.17, 15) is 0 Å². The van der Waals surface area contributed by atoms with E-state index >= 15 is 0 Å². The van der Waals surface area contributed by atoms with E-state index in [1.807, 2.05) is 26.1 Å². The lowest BCUT2D eigenvalue weighted by atomic mass is 10.0. The first-order chi connectivity index (χ1) is 9.10.